The number of carbonyl (C=O) groups is 2. The zero-order valence-corrected chi connectivity index (χ0v) is 17.4. The van der Waals surface area contributed by atoms with Crippen molar-refractivity contribution >= 4 is 11.8 Å². The number of fused-ring (bicyclic) bond motifs is 1. The number of aryl methyl sites for hydroxylation is 2. The summed E-state index contributed by atoms with van der Waals surface area (Å²) in [4.78, 5) is 27.4. The van der Waals surface area contributed by atoms with Gasteiger partial charge in [0.05, 0.1) is 6.42 Å². The average molecular weight is 402 g/mol. The molecule has 2 heterocycles. The van der Waals surface area contributed by atoms with Gasteiger partial charge in [0, 0.05) is 37.3 Å². The number of nitrogens with zero attached hydrogens (tertiary/aromatic N) is 2. The van der Waals surface area contributed by atoms with Crippen molar-refractivity contribution in [3.63, 3.8) is 0 Å². The zero-order chi connectivity index (χ0) is 21.1. The number of hydrogen-bond acceptors (Lipinski definition) is 3. The predicted octanol–water partition coefficient (Wildman–Crippen LogP) is 3.08. The molecule has 0 aliphatic carbocycles. The molecular weight excluding hydrogens is 376 g/mol. The Morgan fingerprint density at radius 2 is 1.77 bits per heavy atom. The number of amides is 2. The molecule has 0 atom stereocenters. The molecule has 4 rings (SSSR count). The highest BCUT2D eigenvalue weighted by molar-refractivity contribution is 5.94. The Kier molecular flexibility index (Phi) is 5.65. The summed E-state index contributed by atoms with van der Waals surface area (Å²) in [5.74, 6) is -0.152. The summed E-state index contributed by atoms with van der Waals surface area (Å²) in [6.45, 7) is 5.53. The van der Waals surface area contributed by atoms with E-state index in [0.29, 0.717) is 38.2 Å². The van der Waals surface area contributed by atoms with Crippen molar-refractivity contribution in [1.29, 1.82) is 0 Å². The summed E-state index contributed by atoms with van der Waals surface area (Å²) in [5.41, 5.74) is 6.49. The third kappa shape index (κ3) is 4.43. The number of hydrogen-bond donors (Lipinski definition) is 2. The Morgan fingerprint density at radius 1 is 1.07 bits per heavy atom. The number of aromatic nitrogens is 2. The van der Waals surface area contributed by atoms with Gasteiger partial charge >= 0.3 is 0 Å². The van der Waals surface area contributed by atoms with E-state index < -0.39 is 0 Å². The molecule has 2 N–H and O–H groups in total. The van der Waals surface area contributed by atoms with Gasteiger partial charge in [0.1, 0.15) is 0 Å². The fourth-order valence-electron chi connectivity index (χ4n) is 3.89. The summed E-state index contributed by atoms with van der Waals surface area (Å²) < 4.78 is 0. The van der Waals surface area contributed by atoms with E-state index in [1.807, 2.05) is 67.3 Å². The second-order valence-electron chi connectivity index (χ2n) is 7.93. The standard InChI is InChI=1S/C24H26N4O2/c1-16-5-3-7-18(11-16)13-22(29)28-10-9-21-20(15-28)23(27-26-21)24(30)25-14-19-8-4-6-17(2)12-19/h3-8,11-12H,9-10,13-15H2,1-2H3,(H,25,30)(H,26,27). The van der Waals surface area contributed by atoms with E-state index in [2.05, 4.69) is 15.5 Å². The largest absolute Gasteiger partial charge is 0.347 e. The molecule has 1 aliphatic heterocycles. The summed E-state index contributed by atoms with van der Waals surface area (Å²) >= 11 is 0. The first kappa shape index (κ1) is 19.9. The molecule has 154 valence electrons. The Morgan fingerprint density at radius 3 is 2.50 bits per heavy atom. The van der Waals surface area contributed by atoms with Crippen LogP contribution in [-0.4, -0.2) is 33.5 Å². The van der Waals surface area contributed by atoms with Crippen molar-refractivity contribution in [2.24, 2.45) is 0 Å². The molecule has 2 aromatic carbocycles. The SMILES string of the molecule is Cc1cccc(CNC(=O)c2n[nH]c3c2CN(C(=O)Cc2cccc(C)c2)CC3)c1. The van der Waals surface area contributed by atoms with Gasteiger partial charge in [0.25, 0.3) is 5.91 Å². The monoisotopic (exact) mass is 402 g/mol. The van der Waals surface area contributed by atoms with Crippen LogP contribution in [0.1, 0.15) is 44.0 Å². The minimum atomic E-state index is -0.220. The van der Waals surface area contributed by atoms with Crippen LogP contribution >= 0.6 is 0 Å². The number of rotatable bonds is 5. The van der Waals surface area contributed by atoms with E-state index in [-0.39, 0.29) is 11.8 Å². The lowest BCUT2D eigenvalue weighted by molar-refractivity contribution is -0.131. The van der Waals surface area contributed by atoms with E-state index >= 15 is 0 Å². The first-order valence-corrected chi connectivity index (χ1v) is 10.2. The lowest BCUT2D eigenvalue weighted by Gasteiger charge is -2.27. The smallest absolute Gasteiger partial charge is 0.272 e. The van der Waals surface area contributed by atoms with Gasteiger partial charge in [-0.15, -0.1) is 0 Å². The van der Waals surface area contributed by atoms with Crippen LogP contribution in [0, 0.1) is 13.8 Å². The van der Waals surface area contributed by atoms with E-state index in [1.54, 1.807) is 0 Å². The van der Waals surface area contributed by atoms with Gasteiger partial charge in [0.2, 0.25) is 5.91 Å². The topological polar surface area (TPSA) is 78.1 Å². The molecular formula is C24H26N4O2. The molecule has 6 nitrogen and oxygen atoms in total. The Bertz CT molecular complexity index is 1090. The molecule has 0 radical (unpaired) electrons. The van der Waals surface area contributed by atoms with Gasteiger partial charge < -0.3 is 10.2 Å². The first-order valence-electron chi connectivity index (χ1n) is 10.2. The van der Waals surface area contributed by atoms with E-state index in [4.69, 9.17) is 0 Å². The lowest BCUT2D eigenvalue weighted by atomic mass is 10.0. The number of carbonyl (C=O) groups excluding carboxylic acids is 2. The molecule has 0 spiro atoms. The maximum absolute atomic E-state index is 12.8. The highest BCUT2D eigenvalue weighted by atomic mass is 16.2. The maximum atomic E-state index is 12.8. The number of benzene rings is 2. The van der Waals surface area contributed by atoms with Crippen LogP contribution in [0.5, 0.6) is 0 Å². The summed E-state index contributed by atoms with van der Waals surface area (Å²) in [6, 6.07) is 16.0. The quantitative estimate of drug-likeness (QED) is 0.688. The second-order valence-corrected chi connectivity index (χ2v) is 7.93. The fraction of sp³-hybridized carbons (Fsp3) is 0.292. The van der Waals surface area contributed by atoms with Crippen LogP contribution in [0.2, 0.25) is 0 Å². The molecule has 0 saturated carbocycles. The van der Waals surface area contributed by atoms with Gasteiger partial charge in [-0.2, -0.15) is 5.10 Å². The van der Waals surface area contributed by atoms with Crippen molar-refractivity contribution in [3.8, 4) is 0 Å². The molecule has 2 amide bonds. The zero-order valence-electron chi connectivity index (χ0n) is 17.4. The third-order valence-corrected chi connectivity index (χ3v) is 5.47. The third-order valence-electron chi connectivity index (χ3n) is 5.47. The van der Waals surface area contributed by atoms with Crippen LogP contribution in [-0.2, 0) is 30.7 Å². The lowest BCUT2D eigenvalue weighted by Crippen LogP contribution is -2.37. The molecule has 0 unspecified atom stereocenters. The van der Waals surface area contributed by atoms with Crippen LogP contribution in [0.3, 0.4) is 0 Å². The normalized spacial score (nSPS) is 13.1. The minimum absolute atomic E-state index is 0.0681. The number of aromatic amines is 1. The van der Waals surface area contributed by atoms with E-state index in [9.17, 15) is 9.59 Å². The van der Waals surface area contributed by atoms with Crippen molar-refractivity contribution < 1.29 is 9.59 Å². The van der Waals surface area contributed by atoms with E-state index in [0.717, 1.165) is 33.5 Å². The average Bonchev–Trinajstić information content (AvgIpc) is 3.15. The number of H-pyrrole nitrogens is 1. The van der Waals surface area contributed by atoms with Crippen molar-refractivity contribution in [2.75, 3.05) is 6.54 Å². The Labute approximate surface area is 176 Å². The summed E-state index contributed by atoms with van der Waals surface area (Å²) in [7, 11) is 0. The molecule has 3 aromatic rings. The fourth-order valence-corrected chi connectivity index (χ4v) is 3.89. The number of nitrogens with one attached hydrogen (secondary N) is 2. The van der Waals surface area contributed by atoms with E-state index in [1.165, 1.54) is 0 Å². The molecule has 1 aliphatic rings. The molecule has 30 heavy (non-hydrogen) atoms. The van der Waals surface area contributed by atoms with Crippen LogP contribution in [0.15, 0.2) is 48.5 Å². The summed E-state index contributed by atoms with van der Waals surface area (Å²) in [5, 5.41) is 10.2. The predicted molar refractivity (Wildman–Crippen MR) is 115 cm³/mol. The molecule has 0 fully saturated rings. The van der Waals surface area contributed by atoms with Crippen LogP contribution in [0.25, 0.3) is 0 Å². The highest BCUT2D eigenvalue weighted by Gasteiger charge is 2.27. The van der Waals surface area contributed by atoms with Crippen LogP contribution in [0.4, 0.5) is 0 Å². The molecule has 6 heteroatoms. The molecule has 0 saturated heterocycles. The van der Waals surface area contributed by atoms with Crippen molar-refractivity contribution in [3.05, 3.63) is 87.7 Å². The minimum Gasteiger partial charge on any atom is -0.347 e. The first-order chi connectivity index (χ1) is 14.5. The van der Waals surface area contributed by atoms with Gasteiger partial charge in [-0.1, -0.05) is 59.7 Å². The molecule has 0 bridgehead atoms. The van der Waals surface area contributed by atoms with Crippen molar-refractivity contribution in [2.45, 2.75) is 39.8 Å². The van der Waals surface area contributed by atoms with Gasteiger partial charge in [-0.3, -0.25) is 14.7 Å². The molecule has 1 aromatic heterocycles. The Hall–Kier alpha value is -3.41. The summed E-state index contributed by atoms with van der Waals surface area (Å²) in [6.07, 6.45) is 1.04. The van der Waals surface area contributed by atoms with Crippen molar-refractivity contribution in [1.82, 2.24) is 20.4 Å². The van der Waals surface area contributed by atoms with Gasteiger partial charge in [-0.25, -0.2) is 0 Å². The second kappa shape index (κ2) is 8.53. The maximum Gasteiger partial charge on any atom is 0.272 e. The van der Waals surface area contributed by atoms with Crippen LogP contribution < -0.4 is 5.32 Å². The van der Waals surface area contributed by atoms with Gasteiger partial charge in [-0.05, 0) is 25.0 Å². The highest BCUT2D eigenvalue weighted by Crippen LogP contribution is 2.21. The Balaban J connectivity index is 1.42. The van der Waals surface area contributed by atoms with Gasteiger partial charge in [0.15, 0.2) is 5.69 Å².